The van der Waals surface area contributed by atoms with Crippen molar-refractivity contribution in [2.45, 2.75) is 39.3 Å². The molecule has 1 aliphatic rings. The average molecular weight is 350 g/mol. The Morgan fingerprint density at radius 1 is 1.20 bits per heavy atom. The maximum Gasteiger partial charge on any atom is 0.416 e. The Labute approximate surface area is 142 Å². The van der Waals surface area contributed by atoms with Gasteiger partial charge in [-0.05, 0) is 49.9 Å². The van der Waals surface area contributed by atoms with E-state index >= 15 is 0 Å². The molecule has 25 heavy (non-hydrogen) atoms. The minimum absolute atomic E-state index is 0.0104. The number of halogens is 3. The highest BCUT2D eigenvalue weighted by atomic mass is 19.4. The minimum atomic E-state index is -4.49. The molecular formula is C18H17F3N2O2. The Balaban J connectivity index is 1.90. The van der Waals surface area contributed by atoms with Crippen molar-refractivity contribution in [3.8, 4) is 0 Å². The van der Waals surface area contributed by atoms with E-state index in [2.05, 4.69) is 10.3 Å². The van der Waals surface area contributed by atoms with Crippen LogP contribution in [0.3, 0.4) is 0 Å². The third-order valence-corrected chi connectivity index (χ3v) is 4.47. The molecule has 0 bridgehead atoms. The highest BCUT2D eigenvalue weighted by Crippen LogP contribution is 2.34. The van der Waals surface area contributed by atoms with Gasteiger partial charge in [0.2, 0.25) is 0 Å². The number of ketones is 1. The van der Waals surface area contributed by atoms with Gasteiger partial charge in [0.15, 0.2) is 5.78 Å². The summed E-state index contributed by atoms with van der Waals surface area (Å²) in [5.74, 6) is -0.569. The Kier molecular flexibility index (Phi) is 4.18. The van der Waals surface area contributed by atoms with E-state index in [1.54, 1.807) is 6.92 Å². The summed E-state index contributed by atoms with van der Waals surface area (Å²) in [6.45, 7) is 3.03. The molecule has 0 saturated heterocycles. The second-order valence-electron chi connectivity index (χ2n) is 6.24. The number of H-pyrrole nitrogens is 1. The molecule has 2 N–H and O–H groups in total. The predicted molar refractivity (Wildman–Crippen MR) is 86.9 cm³/mol. The van der Waals surface area contributed by atoms with Crippen LogP contribution >= 0.6 is 0 Å². The summed E-state index contributed by atoms with van der Waals surface area (Å²) >= 11 is 0. The highest BCUT2D eigenvalue weighted by molar-refractivity contribution is 6.08. The lowest BCUT2D eigenvalue weighted by Crippen LogP contribution is -2.15. The van der Waals surface area contributed by atoms with Crippen LogP contribution in [0.5, 0.6) is 0 Å². The number of amides is 1. The number of fused-ring (bicyclic) bond motifs is 1. The Morgan fingerprint density at radius 2 is 1.92 bits per heavy atom. The summed E-state index contributed by atoms with van der Waals surface area (Å²) in [4.78, 5) is 27.4. The van der Waals surface area contributed by atoms with Crippen LogP contribution in [-0.2, 0) is 12.6 Å². The highest BCUT2D eigenvalue weighted by Gasteiger charge is 2.33. The van der Waals surface area contributed by atoms with Gasteiger partial charge in [-0.15, -0.1) is 0 Å². The number of benzene rings is 1. The largest absolute Gasteiger partial charge is 0.416 e. The molecule has 1 aromatic heterocycles. The summed E-state index contributed by atoms with van der Waals surface area (Å²) in [6.07, 6.45) is -2.64. The van der Waals surface area contributed by atoms with E-state index in [1.165, 1.54) is 19.1 Å². The summed E-state index contributed by atoms with van der Waals surface area (Å²) in [5.41, 5.74) is 1.37. The molecule has 1 heterocycles. The fraction of sp³-hybridized carbons (Fsp3) is 0.333. The minimum Gasteiger partial charge on any atom is -0.354 e. The molecule has 0 spiro atoms. The van der Waals surface area contributed by atoms with E-state index in [9.17, 15) is 22.8 Å². The smallest absolute Gasteiger partial charge is 0.354 e. The number of aromatic amines is 1. The van der Waals surface area contributed by atoms with Crippen molar-refractivity contribution in [3.05, 3.63) is 51.8 Å². The van der Waals surface area contributed by atoms with Crippen LogP contribution in [0.15, 0.2) is 18.2 Å². The first kappa shape index (κ1) is 17.3. The van der Waals surface area contributed by atoms with Crippen LogP contribution < -0.4 is 5.32 Å². The second kappa shape index (κ2) is 6.06. The van der Waals surface area contributed by atoms with Gasteiger partial charge in [0, 0.05) is 23.4 Å². The van der Waals surface area contributed by atoms with Crippen molar-refractivity contribution in [3.63, 3.8) is 0 Å². The van der Waals surface area contributed by atoms with Crippen LogP contribution in [0.4, 0.5) is 18.9 Å². The van der Waals surface area contributed by atoms with Crippen molar-refractivity contribution in [2.75, 3.05) is 5.32 Å². The number of anilines is 1. The number of carbonyl (C=O) groups is 2. The van der Waals surface area contributed by atoms with Gasteiger partial charge in [0.1, 0.15) is 5.69 Å². The third kappa shape index (κ3) is 3.18. The molecule has 1 amide bonds. The fourth-order valence-electron chi connectivity index (χ4n) is 3.20. The SMILES string of the molecule is Cc1ccc(NC(=O)c2[nH]c3c(c2C)C(=O)CCC3)cc1C(F)(F)F. The molecule has 0 aliphatic heterocycles. The van der Waals surface area contributed by atoms with Gasteiger partial charge in [-0.2, -0.15) is 13.2 Å². The summed E-state index contributed by atoms with van der Waals surface area (Å²) in [7, 11) is 0. The van der Waals surface area contributed by atoms with Gasteiger partial charge in [0.25, 0.3) is 5.91 Å². The normalized spacial score (nSPS) is 14.4. The van der Waals surface area contributed by atoms with E-state index in [0.717, 1.165) is 18.2 Å². The first-order valence-electron chi connectivity index (χ1n) is 7.92. The molecule has 1 aromatic carbocycles. The van der Waals surface area contributed by atoms with Crippen LogP contribution in [0.25, 0.3) is 0 Å². The Bertz CT molecular complexity index is 866. The Morgan fingerprint density at radius 3 is 2.56 bits per heavy atom. The topological polar surface area (TPSA) is 62.0 Å². The number of carbonyl (C=O) groups excluding carboxylic acids is 2. The molecule has 0 radical (unpaired) electrons. The van der Waals surface area contributed by atoms with Crippen molar-refractivity contribution < 1.29 is 22.8 Å². The lowest BCUT2D eigenvalue weighted by atomic mass is 9.94. The molecule has 1 aliphatic carbocycles. The molecule has 0 unspecified atom stereocenters. The molecule has 3 rings (SSSR count). The summed E-state index contributed by atoms with van der Waals surface area (Å²) in [5, 5.41) is 2.48. The van der Waals surface area contributed by atoms with Crippen molar-refractivity contribution in [2.24, 2.45) is 0 Å². The number of aromatic nitrogens is 1. The van der Waals surface area contributed by atoms with Gasteiger partial charge >= 0.3 is 6.18 Å². The maximum absolute atomic E-state index is 13.0. The first-order valence-corrected chi connectivity index (χ1v) is 7.92. The molecule has 2 aromatic rings. The van der Waals surface area contributed by atoms with Gasteiger partial charge < -0.3 is 10.3 Å². The van der Waals surface area contributed by atoms with E-state index in [0.29, 0.717) is 24.0 Å². The van der Waals surface area contributed by atoms with E-state index in [1.807, 2.05) is 0 Å². The third-order valence-electron chi connectivity index (χ3n) is 4.47. The number of nitrogens with one attached hydrogen (secondary N) is 2. The maximum atomic E-state index is 13.0. The van der Waals surface area contributed by atoms with Crippen LogP contribution in [0.1, 0.15) is 56.1 Å². The second-order valence-corrected chi connectivity index (χ2v) is 6.24. The molecule has 4 nitrogen and oxygen atoms in total. The fourth-order valence-corrected chi connectivity index (χ4v) is 3.20. The summed E-state index contributed by atoms with van der Waals surface area (Å²) in [6, 6.07) is 3.65. The number of rotatable bonds is 2. The van der Waals surface area contributed by atoms with E-state index in [-0.39, 0.29) is 22.7 Å². The predicted octanol–water partition coefficient (Wildman–Crippen LogP) is 4.42. The lowest BCUT2D eigenvalue weighted by Gasteiger charge is -2.12. The molecule has 7 heteroatoms. The van der Waals surface area contributed by atoms with Crippen molar-refractivity contribution in [1.82, 2.24) is 4.98 Å². The lowest BCUT2D eigenvalue weighted by molar-refractivity contribution is -0.138. The Hall–Kier alpha value is -2.57. The van der Waals surface area contributed by atoms with Gasteiger partial charge in [-0.1, -0.05) is 6.07 Å². The number of hydrogen-bond acceptors (Lipinski definition) is 2. The number of hydrogen-bond donors (Lipinski definition) is 2. The molecular weight excluding hydrogens is 333 g/mol. The van der Waals surface area contributed by atoms with Gasteiger partial charge in [-0.25, -0.2) is 0 Å². The monoisotopic (exact) mass is 350 g/mol. The van der Waals surface area contributed by atoms with E-state index in [4.69, 9.17) is 0 Å². The number of alkyl halides is 3. The van der Waals surface area contributed by atoms with Crippen molar-refractivity contribution in [1.29, 1.82) is 0 Å². The average Bonchev–Trinajstić information content (AvgIpc) is 2.86. The zero-order valence-corrected chi connectivity index (χ0v) is 13.8. The van der Waals surface area contributed by atoms with Crippen molar-refractivity contribution >= 4 is 17.4 Å². The summed E-state index contributed by atoms with van der Waals surface area (Å²) < 4.78 is 39.0. The van der Waals surface area contributed by atoms with Gasteiger partial charge in [-0.3, -0.25) is 9.59 Å². The zero-order valence-electron chi connectivity index (χ0n) is 13.8. The van der Waals surface area contributed by atoms with Gasteiger partial charge in [0.05, 0.1) is 5.56 Å². The van der Waals surface area contributed by atoms with Crippen LogP contribution in [0.2, 0.25) is 0 Å². The van der Waals surface area contributed by atoms with E-state index < -0.39 is 17.6 Å². The standard InChI is InChI=1S/C18H17F3N2O2/c1-9-6-7-11(8-12(9)18(19,20)21)22-17(25)16-10(2)15-13(23-16)4-3-5-14(15)24/h6-8,23H,3-5H2,1-2H3,(H,22,25). The van der Waals surface area contributed by atoms with Crippen LogP contribution in [-0.4, -0.2) is 16.7 Å². The molecule has 0 saturated carbocycles. The first-order chi connectivity index (χ1) is 11.7. The number of Topliss-reactive ketones (excluding diaryl/α,β-unsaturated/α-hetero) is 1. The van der Waals surface area contributed by atoms with Crippen LogP contribution in [0, 0.1) is 13.8 Å². The quantitative estimate of drug-likeness (QED) is 0.842. The molecule has 0 atom stereocenters. The molecule has 0 fully saturated rings. The zero-order chi connectivity index (χ0) is 18.4. The molecule has 132 valence electrons. The number of aryl methyl sites for hydroxylation is 2.